The summed E-state index contributed by atoms with van der Waals surface area (Å²) in [5.74, 6) is 0.623. The van der Waals surface area contributed by atoms with Crippen LogP contribution in [0.4, 0.5) is 17.2 Å². The quantitative estimate of drug-likeness (QED) is 0.0647. The van der Waals surface area contributed by atoms with E-state index in [0.29, 0.717) is 54.0 Å². The van der Waals surface area contributed by atoms with Gasteiger partial charge in [0, 0.05) is 94.0 Å². The number of hydrogen-bond donors (Lipinski definition) is 4. The largest absolute Gasteiger partial charge is 0.507 e. The van der Waals surface area contributed by atoms with Crippen molar-refractivity contribution < 1.29 is 38.5 Å². The Kier molecular flexibility index (Phi) is 15.4. The number of nitrogen functional groups attached to an aromatic ring is 1. The van der Waals surface area contributed by atoms with E-state index in [-0.39, 0.29) is 60.8 Å². The molecule has 5 aliphatic rings. The Morgan fingerprint density at radius 1 is 0.883 bits per heavy atom. The summed E-state index contributed by atoms with van der Waals surface area (Å²) in [6.45, 7) is 12.4. The van der Waals surface area contributed by atoms with Crippen LogP contribution in [0.15, 0.2) is 95.0 Å². The number of β-amino-alcohol motifs (C(OH)–C–C–N with tert-alkyl or cyclic N) is 1. The van der Waals surface area contributed by atoms with Gasteiger partial charge in [-0.05, 0) is 92.1 Å². The van der Waals surface area contributed by atoms with Crippen LogP contribution in [-0.2, 0) is 14.3 Å². The Hall–Kier alpha value is -6.80. The molecule has 11 rings (SSSR count). The number of aliphatic hydroxyl groups excluding tert-OH is 1. The highest BCUT2D eigenvalue weighted by Crippen LogP contribution is 2.41. The monoisotopic (exact) mass is 1070 g/mol. The normalized spacial score (nSPS) is 23.5. The van der Waals surface area contributed by atoms with Crippen LogP contribution in [0, 0.1) is 12.8 Å². The molecule has 0 spiro atoms. The molecule has 1 unspecified atom stereocenters. The van der Waals surface area contributed by atoms with Crippen LogP contribution in [0.1, 0.15) is 94.7 Å². The minimum atomic E-state index is -0.827. The number of piperidine rings is 1. The van der Waals surface area contributed by atoms with Gasteiger partial charge in [-0.1, -0.05) is 56.3 Å². The maximum atomic E-state index is 14.3. The molecule has 1 saturated carbocycles. The zero-order valence-electron chi connectivity index (χ0n) is 44.2. The summed E-state index contributed by atoms with van der Waals surface area (Å²) in [7, 11) is 0. The van der Waals surface area contributed by atoms with Crippen LogP contribution >= 0.6 is 11.3 Å². The first-order valence-corrected chi connectivity index (χ1v) is 28.2. The number of ether oxygens (including phenoxy) is 3. The number of aryl methyl sites for hydroxylation is 1. The number of para-hydroxylation sites is 1. The van der Waals surface area contributed by atoms with E-state index in [4.69, 9.17) is 24.5 Å². The van der Waals surface area contributed by atoms with E-state index in [0.717, 1.165) is 97.8 Å². The minimum absolute atomic E-state index is 0.0551. The molecule has 4 aliphatic heterocycles. The highest BCUT2D eigenvalue weighted by atomic mass is 32.1. The van der Waals surface area contributed by atoms with E-state index >= 15 is 0 Å². The van der Waals surface area contributed by atoms with Crippen LogP contribution < -0.4 is 30.3 Å². The fourth-order valence-corrected chi connectivity index (χ4v) is 12.9. The van der Waals surface area contributed by atoms with Gasteiger partial charge in [0.15, 0.2) is 11.6 Å². The molecule has 19 heteroatoms. The van der Waals surface area contributed by atoms with Crippen molar-refractivity contribution in [2.45, 2.75) is 127 Å². The number of aromatic nitrogens is 4. The maximum absolute atomic E-state index is 14.3. The van der Waals surface area contributed by atoms with E-state index in [1.54, 1.807) is 29.5 Å². The number of carbonyl (C=O) groups is 2. The summed E-state index contributed by atoms with van der Waals surface area (Å²) in [5.41, 5.74) is 14.5. The van der Waals surface area contributed by atoms with Crippen LogP contribution in [0.3, 0.4) is 0 Å². The van der Waals surface area contributed by atoms with Crippen molar-refractivity contribution in [3.63, 3.8) is 0 Å². The number of benzene rings is 3. The molecule has 1 aliphatic carbocycles. The third-order valence-electron chi connectivity index (χ3n) is 16.2. The van der Waals surface area contributed by atoms with E-state index in [2.05, 4.69) is 64.6 Å². The van der Waals surface area contributed by atoms with Gasteiger partial charge in [0.1, 0.15) is 36.2 Å². The van der Waals surface area contributed by atoms with Crippen molar-refractivity contribution >= 4 is 40.3 Å². The number of nitrogens with one attached hydrogen (secondary N) is 1. The molecule has 4 saturated heterocycles. The molecule has 3 aromatic heterocycles. The van der Waals surface area contributed by atoms with E-state index in [1.807, 2.05) is 75.7 Å². The SMILES string of the molecule is Cc1ncsc1-c1ccc([C@H](C)NC(=O)[C@@H]2C[C@@H](O)CN2C(=O)[C@H](c2cc(OCCN3CCC(OC4CC(Oc5cccc(N6C7CC[C@@H]6CN(c6cc(-c8ccccc8O)nnc6N)C7)c5)C4)CC3)no2)C(C)C)cc1. The summed E-state index contributed by atoms with van der Waals surface area (Å²) in [4.78, 5) is 42.2. The Bertz CT molecular complexity index is 3000. The molecule has 406 valence electrons. The second-order valence-corrected chi connectivity index (χ2v) is 22.7. The smallest absolute Gasteiger partial charge is 0.254 e. The lowest BCUT2D eigenvalue weighted by Crippen LogP contribution is -2.54. The van der Waals surface area contributed by atoms with Gasteiger partial charge in [0.25, 0.3) is 5.88 Å². The Balaban J connectivity index is 0.601. The van der Waals surface area contributed by atoms with Gasteiger partial charge in [-0.15, -0.1) is 21.5 Å². The molecule has 18 nitrogen and oxygen atoms in total. The van der Waals surface area contributed by atoms with E-state index in [9.17, 15) is 19.8 Å². The van der Waals surface area contributed by atoms with Crippen molar-refractivity contribution in [2.75, 3.05) is 61.4 Å². The molecule has 7 heterocycles. The van der Waals surface area contributed by atoms with Crippen LogP contribution in [0.5, 0.6) is 17.4 Å². The van der Waals surface area contributed by atoms with Crippen LogP contribution in [0.2, 0.25) is 0 Å². The predicted molar refractivity (Wildman–Crippen MR) is 294 cm³/mol. The number of hydrogen-bond acceptors (Lipinski definition) is 17. The summed E-state index contributed by atoms with van der Waals surface area (Å²) in [6, 6.07) is 26.8. The molecule has 5 N–H and O–H groups in total. The number of phenolic OH excluding ortho intramolecular Hbond substituents is 1. The number of anilines is 3. The minimum Gasteiger partial charge on any atom is -0.507 e. The zero-order chi connectivity index (χ0) is 53.3. The maximum Gasteiger partial charge on any atom is 0.254 e. The average Bonchev–Trinajstić information content (AvgIpc) is 4.23. The van der Waals surface area contributed by atoms with Crippen molar-refractivity contribution in [1.29, 1.82) is 0 Å². The number of nitrogens with two attached hydrogens (primary N) is 1. The van der Waals surface area contributed by atoms with Gasteiger partial charge in [-0.25, -0.2) is 4.98 Å². The number of amides is 2. The zero-order valence-corrected chi connectivity index (χ0v) is 45.1. The number of thiazole rings is 1. The molecule has 5 fully saturated rings. The second-order valence-electron chi connectivity index (χ2n) is 21.9. The van der Waals surface area contributed by atoms with Crippen LogP contribution in [0.25, 0.3) is 21.7 Å². The molecular weight excluding hydrogens is 997 g/mol. The van der Waals surface area contributed by atoms with E-state index < -0.39 is 18.1 Å². The number of phenols is 1. The molecule has 2 amide bonds. The lowest BCUT2D eigenvalue weighted by molar-refractivity contribution is -0.141. The summed E-state index contributed by atoms with van der Waals surface area (Å²) in [5, 5.41) is 37.0. The van der Waals surface area contributed by atoms with Crippen molar-refractivity contribution in [3.8, 4) is 39.1 Å². The molecule has 2 bridgehead atoms. The number of aliphatic hydroxyl groups is 1. The Labute approximate surface area is 453 Å². The van der Waals surface area contributed by atoms with Crippen molar-refractivity contribution in [3.05, 3.63) is 107 Å². The lowest BCUT2D eigenvalue weighted by Gasteiger charge is -2.44. The van der Waals surface area contributed by atoms with E-state index in [1.165, 1.54) is 10.6 Å². The summed E-state index contributed by atoms with van der Waals surface area (Å²) in [6.07, 6.45) is 5.64. The third kappa shape index (κ3) is 11.5. The highest BCUT2D eigenvalue weighted by Gasteiger charge is 2.44. The topological polar surface area (TPSA) is 218 Å². The molecule has 6 atom stereocenters. The average molecular weight is 1070 g/mol. The fraction of sp³-hybridized carbons (Fsp3) is 0.483. The van der Waals surface area contributed by atoms with Gasteiger partial charge in [0.05, 0.1) is 51.8 Å². The van der Waals surface area contributed by atoms with Crippen molar-refractivity contribution in [1.82, 2.24) is 35.5 Å². The first-order chi connectivity index (χ1) is 37.3. The predicted octanol–water partition coefficient (Wildman–Crippen LogP) is 7.76. The number of rotatable bonds is 18. The number of piperazine rings is 1. The fourth-order valence-electron chi connectivity index (χ4n) is 12.0. The number of nitrogens with zero attached hydrogens (tertiary/aromatic N) is 8. The Morgan fingerprint density at radius 2 is 1.65 bits per heavy atom. The Morgan fingerprint density at radius 3 is 2.38 bits per heavy atom. The molecule has 3 aromatic carbocycles. The summed E-state index contributed by atoms with van der Waals surface area (Å²) < 4.78 is 24.9. The van der Waals surface area contributed by atoms with Gasteiger partial charge in [-0.3, -0.25) is 14.5 Å². The standard InChI is InChI=1S/C58H70N10O8S/c1-34(2)54(58(72)67-32-42(69)25-50(67)57(71)61-35(3)37-12-14-38(15-13-37)55-36(4)60-33-77-55)52-29-53(64-76-52)73-23-22-65-20-18-43(19-21-65)74-45-26-46(27-45)75-44-9-7-8-39(24-44)68-40-16-17-41(68)31-66(30-40)49-28-48(62-63-56(49)59)47-10-5-6-11-51(47)70/h5-15,24,28-29,33-35,40-43,45-46,50,54,69-70H,16-23,25-27,30-32H2,1-4H3,(H2,59,63)(H,61,71)/t35-,40+,41?,42+,45?,46?,50-,54-/m0/s1. The highest BCUT2D eigenvalue weighted by molar-refractivity contribution is 7.13. The van der Waals surface area contributed by atoms with Gasteiger partial charge in [0.2, 0.25) is 11.8 Å². The first kappa shape index (κ1) is 52.3. The number of aromatic hydroxyl groups is 1. The van der Waals surface area contributed by atoms with Gasteiger partial charge < -0.3 is 54.7 Å². The number of carbonyl (C=O) groups excluding carboxylic acids is 2. The number of likely N-dealkylation sites (tertiary alicyclic amines) is 2. The number of fused-ring (bicyclic) bond motifs is 2. The molecule has 77 heavy (non-hydrogen) atoms. The molecule has 0 radical (unpaired) electrons. The first-order valence-electron chi connectivity index (χ1n) is 27.3. The third-order valence-corrected chi connectivity index (χ3v) is 17.2. The molecule has 6 aromatic rings. The summed E-state index contributed by atoms with van der Waals surface area (Å²) >= 11 is 1.59. The lowest BCUT2D eigenvalue weighted by atomic mass is 9.91. The van der Waals surface area contributed by atoms with Gasteiger partial charge >= 0.3 is 0 Å². The second kappa shape index (κ2) is 22.7. The van der Waals surface area contributed by atoms with Crippen LogP contribution in [-0.4, -0.2) is 141 Å². The van der Waals surface area contributed by atoms with Gasteiger partial charge in [-0.2, -0.15) is 0 Å². The molecular formula is C58H70N10O8S. The van der Waals surface area contributed by atoms with Crippen molar-refractivity contribution in [2.24, 2.45) is 5.92 Å².